The van der Waals surface area contributed by atoms with Crippen LogP contribution in [0.3, 0.4) is 0 Å². The van der Waals surface area contributed by atoms with Gasteiger partial charge in [-0.2, -0.15) is 0 Å². The zero-order valence-electron chi connectivity index (χ0n) is 22.9. The molecule has 11 nitrogen and oxygen atoms in total. The van der Waals surface area contributed by atoms with Crippen molar-refractivity contribution < 1.29 is 23.7 Å². The fourth-order valence-electron chi connectivity index (χ4n) is 4.48. The van der Waals surface area contributed by atoms with E-state index < -0.39 is 31.9 Å². The second-order valence-electron chi connectivity index (χ2n) is 9.74. The van der Waals surface area contributed by atoms with Crippen LogP contribution in [-0.2, 0) is 14.1 Å². The number of likely N-dealkylation sites (N-methyl/N-ethyl adjacent to an activating group) is 1. The molecule has 2 saturated heterocycles. The van der Waals surface area contributed by atoms with Gasteiger partial charge in [0.15, 0.2) is 0 Å². The van der Waals surface area contributed by atoms with Crippen LogP contribution in [0.2, 0.25) is 0 Å². The quantitative estimate of drug-likeness (QED) is 0.371. The van der Waals surface area contributed by atoms with Crippen LogP contribution in [0, 0.1) is 5.63 Å². The second-order valence-corrected chi connectivity index (χ2v) is 11.2. The van der Waals surface area contributed by atoms with E-state index in [1.807, 2.05) is 37.3 Å². The summed E-state index contributed by atoms with van der Waals surface area (Å²) in [6, 6.07) is 8.42. The van der Waals surface area contributed by atoms with Crippen LogP contribution in [0.4, 0.5) is 9.80 Å². The minimum atomic E-state index is -1.23. The first kappa shape index (κ1) is 29.8. The molecule has 3 heterocycles. The number of unbranched alkanes of at least 4 members (excludes halogenated alkanes) is 1. The van der Waals surface area contributed by atoms with Crippen molar-refractivity contribution in [1.29, 1.82) is 0 Å². The number of piperazine rings is 2. The van der Waals surface area contributed by atoms with Crippen molar-refractivity contribution in [3.8, 4) is 16.2 Å². The average Bonchev–Trinajstić information content (AvgIpc) is 3.43. The van der Waals surface area contributed by atoms with Crippen molar-refractivity contribution in [2.24, 2.45) is 0 Å². The molecule has 214 valence electrons. The van der Waals surface area contributed by atoms with E-state index in [-0.39, 0.29) is 18.8 Å². The van der Waals surface area contributed by atoms with Gasteiger partial charge in [-0.3, -0.25) is 0 Å². The summed E-state index contributed by atoms with van der Waals surface area (Å²) in [5.41, 5.74) is 3.67. The number of anilines is 1. The van der Waals surface area contributed by atoms with Gasteiger partial charge in [0, 0.05) is 0 Å². The molecular formula is C27H35N6O5PS. The number of benzene rings is 1. The minimum absolute atomic E-state index is 0.232. The van der Waals surface area contributed by atoms with Crippen LogP contribution in [0.5, 0.6) is 0 Å². The van der Waals surface area contributed by atoms with Gasteiger partial charge < -0.3 is 0 Å². The number of amides is 3. The summed E-state index contributed by atoms with van der Waals surface area (Å²) in [6.07, 6.45) is 1.34. The van der Waals surface area contributed by atoms with Gasteiger partial charge in [0.2, 0.25) is 0 Å². The van der Waals surface area contributed by atoms with E-state index in [2.05, 4.69) is 32.8 Å². The maximum atomic E-state index is 13.6. The van der Waals surface area contributed by atoms with E-state index >= 15 is 0 Å². The fourth-order valence-corrected chi connectivity index (χ4v) is 5.88. The Hall–Kier alpha value is -3.17. The molecule has 0 saturated carbocycles. The van der Waals surface area contributed by atoms with Crippen molar-refractivity contribution in [2.45, 2.75) is 25.8 Å². The Labute approximate surface area is 239 Å². The predicted octanol–water partition coefficient (Wildman–Crippen LogP) is 2.99. The van der Waals surface area contributed by atoms with Gasteiger partial charge in [-0.15, -0.1) is 0 Å². The molecule has 1 aromatic carbocycles. The number of hydrogen-bond donors (Lipinski definition) is 1. The van der Waals surface area contributed by atoms with Gasteiger partial charge in [-0.1, -0.05) is 6.92 Å². The van der Waals surface area contributed by atoms with E-state index in [9.17, 15) is 18.9 Å². The molecule has 1 atom stereocenters. The summed E-state index contributed by atoms with van der Waals surface area (Å²) < 4.78 is 16.8. The molecule has 2 aliphatic rings. The number of nitrogens with zero attached hydrogens (tertiary/aromatic N) is 5. The molecule has 0 aliphatic carbocycles. The van der Waals surface area contributed by atoms with Crippen LogP contribution in [0.15, 0.2) is 30.3 Å². The number of aromatic nitrogens is 1. The number of nitrogens with one attached hydrogen (secondary N) is 1. The van der Waals surface area contributed by atoms with E-state index in [0.29, 0.717) is 24.7 Å². The van der Waals surface area contributed by atoms with Crippen LogP contribution in [-0.4, -0.2) is 110 Å². The Balaban J connectivity index is 1.47. The van der Waals surface area contributed by atoms with E-state index in [1.54, 1.807) is 4.90 Å². The summed E-state index contributed by atoms with van der Waals surface area (Å²) >= 11 is 1.44. The molecule has 2 aromatic rings. The number of rotatable bonds is 8. The maximum absolute atomic E-state index is 13.6. The van der Waals surface area contributed by atoms with E-state index in [1.165, 1.54) is 16.2 Å². The monoisotopic (exact) mass is 586 g/mol. The summed E-state index contributed by atoms with van der Waals surface area (Å²) in [5, 5.41) is 4.16. The average molecular weight is 587 g/mol. The Morgan fingerprint density at radius 2 is 1.73 bits per heavy atom. The molecule has 4 rings (SSSR count). The number of ether oxygens (including phenoxy) is 1. The predicted molar refractivity (Wildman–Crippen MR) is 154 cm³/mol. The Bertz CT molecular complexity index is 1290. The first-order valence-electron chi connectivity index (χ1n) is 13.5. The summed E-state index contributed by atoms with van der Waals surface area (Å²) in [5.74, 6) is -0.963. The molecule has 0 bridgehead atoms. The zero-order chi connectivity index (χ0) is 28.5. The normalized spacial score (nSPS) is 16.7. The van der Waals surface area contributed by atoms with Crippen LogP contribution >= 0.6 is 19.3 Å². The van der Waals surface area contributed by atoms with Crippen LogP contribution < -0.4 is 10.2 Å². The third-order valence-electron chi connectivity index (χ3n) is 6.91. The number of carbonyl (C=O) groups is 3. The topological polar surface area (TPSA) is 115 Å². The first-order valence-corrected chi connectivity index (χ1v) is 15.1. The Morgan fingerprint density at radius 1 is 1.05 bits per heavy atom. The van der Waals surface area contributed by atoms with Gasteiger partial charge >= 0.3 is 233 Å². The third kappa shape index (κ3) is 7.52. The van der Waals surface area contributed by atoms with Crippen molar-refractivity contribution in [3.63, 3.8) is 0 Å². The van der Waals surface area contributed by atoms with Gasteiger partial charge in [0.05, 0.1) is 0 Å². The molecule has 0 unspecified atom stereocenters. The van der Waals surface area contributed by atoms with Crippen molar-refractivity contribution in [2.75, 3.05) is 70.9 Å². The summed E-state index contributed by atoms with van der Waals surface area (Å²) in [7, 11) is 1.56. The second kappa shape index (κ2) is 14.5. The van der Waals surface area contributed by atoms with E-state index in [0.717, 1.165) is 49.6 Å². The molecule has 1 aromatic heterocycles. The molecule has 2 aliphatic heterocycles. The Morgan fingerprint density at radius 3 is 2.38 bits per heavy atom. The van der Waals surface area contributed by atoms with Crippen molar-refractivity contribution in [1.82, 2.24) is 25.0 Å². The summed E-state index contributed by atoms with van der Waals surface area (Å²) in [6.45, 7) is 6.76. The van der Waals surface area contributed by atoms with Crippen molar-refractivity contribution >= 4 is 42.2 Å². The molecule has 0 radical (unpaired) electrons. The fraction of sp³-hybridized carbons (Fsp3) is 0.519. The van der Waals surface area contributed by atoms with E-state index in [4.69, 9.17) is 4.74 Å². The first-order chi connectivity index (χ1) is 19.4. The third-order valence-corrected chi connectivity index (χ3v) is 8.44. The SMILES string of the molecule is CCCCOC(=O)N1CCN(C(=O)[C@H](C#P=O)NC(=O)c2nc(-c3ccccc3)sc2N2CCN(C)CC2)CC1. The molecule has 3 amide bonds. The van der Waals surface area contributed by atoms with Crippen LogP contribution in [0.25, 0.3) is 10.6 Å². The summed E-state index contributed by atoms with van der Waals surface area (Å²) in [4.78, 5) is 51.3. The van der Waals surface area contributed by atoms with Gasteiger partial charge in [0.1, 0.15) is 0 Å². The number of hydrogen-bond acceptors (Lipinski definition) is 9. The van der Waals surface area contributed by atoms with Gasteiger partial charge in [-0.05, 0) is 0 Å². The van der Waals surface area contributed by atoms with Crippen LogP contribution in [0.1, 0.15) is 30.3 Å². The number of thiazole rings is 1. The number of carbonyl (C=O) groups excluding carboxylic acids is 3. The van der Waals surface area contributed by atoms with Crippen molar-refractivity contribution in [3.05, 3.63) is 36.0 Å². The molecule has 40 heavy (non-hydrogen) atoms. The molecule has 0 spiro atoms. The molecular weight excluding hydrogens is 551 g/mol. The molecule has 1 N–H and O–H groups in total. The Kier molecular flexibility index (Phi) is 10.8. The van der Waals surface area contributed by atoms with Gasteiger partial charge in [-0.25, -0.2) is 0 Å². The molecule has 2 fully saturated rings. The zero-order valence-corrected chi connectivity index (χ0v) is 24.6. The molecule has 13 heteroatoms. The van der Waals surface area contributed by atoms with Gasteiger partial charge in [0.25, 0.3) is 0 Å². The standard InChI is InChI=1S/C27H35N6O5PS/c1-3-4-18-38-27(36)33-16-14-31(15-17-33)25(35)21(19-39-37)28-23(34)22-26(32-12-10-30(2)11-13-32)40-24(29-22)20-8-6-5-7-9-20/h5-9,21H,3-4,10-18H2,1-2H3,(H,28,34)/t21-/m0/s1.